The molecule has 4 nitrogen and oxygen atoms in total. The van der Waals surface area contributed by atoms with Gasteiger partial charge < -0.3 is 5.32 Å². The normalized spacial score (nSPS) is 21.8. The lowest BCUT2D eigenvalue weighted by Gasteiger charge is -2.05. The second-order valence-corrected chi connectivity index (χ2v) is 2.65. The Morgan fingerprint density at radius 1 is 1.50 bits per heavy atom. The zero-order chi connectivity index (χ0) is 8.39. The molecule has 0 spiro atoms. The second-order valence-electron chi connectivity index (χ2n) is 2.65. The SMILES string of the molecule is O=C1CC=CN=C1C1=NCCN1. The number of nitrogens with one attached hydrogen (secondary N) is 1. The fourth-order valence-electron chi connectivity index (χ4n) is 1.21. The third kappa shape index (κ3) is 1.15. The van der Waals surface area contributed by atoms with Gasteiger partial charge in [-0.3, -0.25) is 9.79 Å². The third-order valence-electron chi connectivity index (χ3n) is 1.77. The van der Waals surface area contributed by atoms with E-state index in [0.717, 1.165) is 13.1 Å². The zero-order valence-electron chi connectivity index (χ0n) is 6.58. The smallest absolute Gasteiger partial charge is 0.188 e. The summed E-state index contributed by atoms with van der Waals surface area (Å²) in [6, 6.07) is 0. The summed E-state index contributed by atoms with van der Waals surface area (Å²) in [6.45, 7) is 1.55. The maximum absolute atomic E-state index is 11.3. The minimum atomic E-state index is 0.0469. The molecule has 2 aliphatic heterocycles. The summed E-state index contributed by atoms with van der Waals surface area (Å²) in [5.74, 6) is 0.704. The van der Waals surface area contributed by atoms with Gasteiger partial charge in [-0.25, -0.2) is 4.99 Å². The van der Waals surface area contributed by atoms with Gasteiger partial charge in [0.25, 0.3) is 0 Å². The van der Waals surface area contributed by atoms with Gasteiger partial charge in [0.05, 0.1) is 6.54 Å². The monoisotopic (exact) mass is 163 g/mol. The molecule has 12 heavy (non-hydrogen) atoms. The van der Waals surface area contributed by atoms with Crippen molar-refractivity contribution in [2.75, 3.05) is 13.1 Å². The fraction of sp³-hybridized carbons (Fsp3) is 0.375. The van der Waals surface area contributed by atoms with Crippen molar-refractivity contribution in [3.63, 3.8) is 0 Å². The number of rotatable bonds is 1. The van der Waals surface area contributed by atoms with Crippen LogP contribution in [-0.2, 0) is 4.79 Å². The number of hydrogen-bond donors (Lipinski definition) is 1. The maximum atomic E-state index is 11.3. The van der Waals surface area contributed by atoms with E-state index in [4.69, 9.17) is 0 Å². The molecule has 0 fully saturated rings. The van der Waals surface area contributed by atoms with E-state index >= 15 is 0 Å². The second kappa shape index (κ2) is 2.89. The Hall–Kier alpha value is -1.45. The number of Topliss-reactive ketones (excluding diaryl/α,β-unsaturated/α-hetero) is 1. The Kier molecular flexibility index (Phi) is 1.74. The molecule has 0 radical (unpaired) electrons. The molecule has 0 unspecified atom stereocenters. The van der Waals surface area contributed by atoms with Crippen molar-refractivity contribution in [1.29, 1.82) is 0 Å². The van der Waals surface area contributed by atoms with Crippen molar-refractivity contribution in [1.82, 2.24) is 5.32 Å². The standard InChI is InChI=1S/C8H9N3O/c12-6-2-1-3-9-7(6)8-10-4-5-11-8/h1,3H,2,4-5H2,(H,10,11). The molecule has 2 aliphatic rings. The van der Waals surface area contributed by atoms with E-state index in [0.29, 0.717) is 18.0 Å². The minimum Gasteiger partial charge on any atom is -0.367 e. The summed E-state index contributed by atoms with van der Waals surface area (Å²) in [7, 11) is 0. The van der Waals surface area contributed by atoms with E-state index in [1.807, 2.05) is 0 Å². The van der Waals surface area contributed by atoms with Crippen LogP contribution in [0, 0.1) is 0 Å². The Labute approximate surface area is 70.1 Å². The number of hydrogen-bond acceptors (Lipinski definition) is 4. The predicted molar refractivity (Wildman–Crippen MR) is 46.5 cm³/mol. The predicted octanol–water partition coefficient (Wildman–Crippen LogP) is -0.0844. The van der Waals surface area contributed by atoms with Crippen LogP contribution < -0.4 is 5.32 Å². The van der Waals surface area contributed by atoms with E-state index in [1.165, 1.54) is 0 Å². The van der Waals surface area contributed by atoms with Crippen LogP contribution in [0.4, 0.5) is 0 Å². The summed E-state index contributed by atoms with van der Waals surface area (Å²) in [6.07, 6.45) is 3.85. The van der Waals surface area contributed by atoms with Gasteiger partial charge >= 0.3 is 0 Å². The quantitative estimate of drug-likeness (QED) is 0.587. The number of aliphatic imine (C=N–C) groups is 2. The average Bonchev–Trinajstić information content (AvgIpc) is 2.57. The number of carbonyl (C=O) groups excluding carboxylic acids is 1. The van der Waals surface area contributed by atoms with Crippen molar-refractivity contribution in [3.05, 3.63) is 12.3 Å². The number of ketones is 1. The van der Waals surface area contributed by atoms with Crippen LogP contribution >= 0.6 is 0 Å². The van der Waals surface area contributed by atoms with Crippen LogP contribution in [-0.4, -0.2) is 30.4 Å². The molecule has 1 N–H and O–H groups in total. The lowest BCUT2D eigenvalue weighted by molar-refractivity contribution is -0.112. The van der Waals surface area contributed by atoms with E-state index in [1.54, 1.807) is 12.3 Å². The minimum absolute atomic E-state index is 0.0469. The molecule has 0 atom stereocenters. The Bertz CT molecular complexity index is 301. The van der Waals surface area contributed by atoms with Gasteiger partial charge in [0, 0.05) is 19.2 Å². The Morgan fingerprint density at radius 3 is 3.08 bits per heavy atom. The van der Waals surface area contributed by atoms with Crippen molar-refractivity contribution in [3.8, 4) is 0 Å². The van der Waals surface area contributed by atoms with Gasteiger partial charge in [-0.15, -0.1) is 0 Å². The highest BCUT2D eigenvalue weighted by molar-refractivity contribution is 6.67. The van der Waals surface area contributed by atoms with Crippen LogP contribution in [0.15, 0.2) is 22.3 Å². The molecule has 0 saturated heterocycles. The summed E-state index contributed by atoms with van der Waals surface area (Å²) >= 11 is 0. The molecular formula is C8H9N3O. The first-order chi connectivity index (χ1) is 5.88. The van der Waals surface area contributed by atoms with Gasteiger partial charge in [0.15, 0.2) is 11.6 Å². The van der Waals surface area contributed by atoms with Crippen molar-refractivity contribution < 1.29 is 4.79 Å². The molecule has 4 heteroatoms. The first-order valence-electron chi connectivity index (χ1n) is 3.92. The molecule has 0 aromatic rings. The first kappa shape index (κ1) is 7.21. The van der Waals surface area contributed by atoms with Crippen LogP contribution in [0.1, 0.15) is 6.42 Å². The summed E-state index contributed by atoms with van der Waals surface area (Å²) in [4.78, 5) is 19.4. The molecule has 0 aromatic heterocycles. The number of nitrogens with zero attached hydrogens (tertiary/aromatic N) is 2. The van der Waals surface area contributed by atoms with Crippen LogP contribution in [0.25, 0.3) is 0 Å². The van der Waals surface area contributed by atoms with Gasteiger partial charge in [0.1, 0.15) is 5.71 Å². The van der Waals surface area contributed by atoms with Gasteiger partial charge in [-0.1, -0.05) is 6.08 Å². The van der Waals surface area contributed by atoms with Gasteiger partial charge in [-0.05, 0) is 0 Å². The van der Waals surface area contributed by atoms with Gasteiger partial charge in [-0.2, -0.15) is 0 Å². The lowest BCUT2D eigenvalue weighted by Crippen LogP contribution is -2.33. The highest BCUT2D eigenvalue weighted by Gasteiger charge is 2.20. The lowest BCUT2D eigenvalue weighted by atomic mass is 10.1. The Morgan fingerprint density at radius 2 is 2.42 bits per heavy atom. The third-order valence-corrected chi connectivity index (χ3v) is 1.77. The van der Waals surface area contributed by atoms with E-state index < -0.39 is 0 Å². The van der Waals surface area contributed by atoms with Crippen LogP contribution in [0.3, 0.4) is 0 Å². The number of carbonyl (C=O) groups is 1. The first-order valence-corrected chi connectivity index (χ1v) is 3.92. The van der Waals surface area contributed by atoms with Crippen molar-refractivity contribution in [2.45, 2.75) is 6.42 Å². The van der Waals surface area contributed by atoms with Gasteiger partial charge in [0.2, 0.25) is 0 Å². The molecule has 62 valence electrons. The number of allylic oxidation sites excluding steroid dienone is 1. The highest BCUT2D eigenvalue weighted by Crippen LogP contribution is 2.01. The largest absolute Gasteiger partial charge is 0.367 e. The zero-order valence-corrected chi connectivity index (χ0v) is 6.58. The van der Waals surface area contributed by atoms with Crippen molar-refractivity contribution >= 4 is 17.3 Å². The maximum Gasteiger partial charge on any atom is 0.188 e. The molecule has 2 rings (SSSR count). The topological polar surface area (TPSA) is 53.8 Å². The molecular weight excluding hydrogens is 154 g/mol. The summed E-state index contributed by atoms with van der Waals surface area (Å²) < 4.78 is 0. The van der Waals surface area contributed by atoms with E-state index in [2.05, 4.69) is 15.3 Å². The average molecular weight is 163 g/mol. The van der Waals surface area contributed by atoms with Crippen LogP contribution in [0.2, 0.25) is 0 Å². The molecule has 0 bridgehead atoms. The van der Waals surface area contributed by atoms with Crippen molar-refractivity contribution in [2.24, 2.45) is 9.98 Å². The fourth-order valence-corrected chi connectivity index (χ4v) is 1.21. The molecule has 0 aromatic carbocycles. The van der Waals surface area contributed by atoms with E-state index in [9.17, 15) is 4.79 Å². The molecule has 0 amide bonds. The molecule has 2 heterocycles. The van der Waals surface area contributed by atoms with E-state index in [-0.39, 0.29) is 5.78 Å². The number of amidine groups is 1. The Balaban J connectivity index is 2.26. The van der Waals surface area contributed by atoms with Crippen LogP contribution in [0.5, 0.6) is 0 Å². The summed E-state index contributed by atoms with van der Waals surface area (Å²) in [5, 5.41) is 3.02. The molecule has 0 saturated carbocycles. The summed E-state index contributed by atoms with van der Waals surface area (Å²) in [5.41, 5.74) is 0.481. The molecule has 0 aliphatic carbocycles. The highest BCUT2D eigenvalue weighted by atomic mass is 16.1.